The van der Waals surface area contributed by atoms with Crippen LogP contribution in [0.5, 0.6) is 17.2 Å². The van der Waals surface area contributed by atoms with Crippen LogP contribution in [-0.2, 0) is 11.2 Å². The van der Waals surface area contributed by atoms with E-state index in [1.165, 1.54) is 6.07 Å². The standard InChI is InChI=1S/C22H16ClNO6/c1-27-17-5-3-2-4-13(17)10-19-22(26)16-8-6-14(11-18(16)29-19)28-21(25)9-7-15-12-20(23)24-30-15/h2-6,8,10-12H,7,9H2,1H3/b19-10-. The quantitative estimate of drug-likeness (QED) is 0.326. The number of hydrogen-bond donors (Lipinski definition) is 0. The summed E-state index contributed by atoms with van der Waals surface area (Å²) in [5, 5.41) is 3.78. The van der Waals surface area contributed by atoms with Crippen molar-refractivity contribution < 1.29 is 28.3 Å². The zero-order valence-electron chi connectivity index (χ0n) is 15.9. The van der Waals surface area contributed by atoms with Crippen LogP contribution in [0.2, 0.25) is 5.15 Å². The summed E-state index contributed by atoms with van der Waals surface area (Å²) in [6, 6.07) is 13.5. The number of carbonyl (C=O) groups is 2. The van der Waals surface area contributed by atoms with Crippen molar-refractivity contribution in [3.8, 4) is 17.2 Å². The summed E-state index contributed by atoms with van der Waals surface area (Å²) in [6.45, 7) is 0. The maximum absolute atomic E-state index is 12.6. The Hall–Kier alpha value is -3.58. The molecule has 8 heteroatoms. The van der Waals surface area contributed by atoms with Gasteiger partial charge in [0, 0.05) is 24.1 Å². The molecule has 4 rings (SSSR count). The number of para-hydroxylation sites is 1. The summed E-state index contributed by atoms with van der Waals surface area (Å²) < 4.78 is 21.3. The number of nitrogens with zero attached hydrogens (tertiary/aromatic N) is 1. The predicted molar refractivity (Wildman–Crippen MR) is 108 cm³/mol. The van der Waals surface area contributed by atoms with Gasteiger partial charge in [-0.1, -0.05) is 35.0 Å². The molecular weight excluding hydrogens is 410 g/mol. The highest BCUT2D eigenvalue weighted by molar-refractivity contribution is 6.29. The minimum atomic E-state index is -0.461. The number of allylic oxidation sites excluding steroid dienone is 1. The number of methoxy groups -OCH3 is 1. The second-order valence-electron chi connectivity index (χ2n) is 6.43. The zero-order valence-corrected chi connectivity index (χ0v) is 16.6. The lowest BCUT2D eigenvalue weighted by Gasteiger charge is -2.05. The summed E-state index contributed by atoms with van der Waals surface area (Å²) in [5.74, 6) is 1.17. The molecule has 0 amide bonds. The molecular formula is C22H16ClNO6. The van der Waals surface area contributed by atoms with Crippen LogP contribution in [0.25, 0.3) is 6.08 Å². The van der Waals surface area contributed by atoms with Gasteiger partial charge in [-0.05, 0) is 24.3 Å². The van der Waals surface area contributed by atoms with E-state index < -0.39 is 5.97 Å². The first kappa shape index (κ1) is 19.7. The number of ketones is 1. The fourth-order valence-corrected chi connectivity index (χ4v) is 3.13. The van der Waals surface area contributed by atoms with Crippen molar-refractivity contribution in [2.24, 2.45) is 0 Å². The van der Waals surface area contributed by atoms with Crippen LogP contribution in [0.1, 0.15) is 28.1 Å². The number of fused-ring (bicyclic) bond motifs is 1. The van der Waals surface area contributed by atoms with Crippen molar-refractivity contribution in [3.63, 3.8) is 0 Å². The topological polar surface area (TPSA) is 87.9 Å². The second-order valence-corrected chi connectivity index (χ2v) is 6.82. The molecule has 0 bridgehead atoms. The molecule has 0 spiro atoms. The molecule has 0 aliphatic carbocycles. The highest BCUT2D eigenvalue weighted by Gasteiger charge is 2.28. The Labute approximate surface area is 176 Å². The molecule has 7 nitrogen and oxygen atoms in total. The fraction of sp³-hybridized carbons (Fsp3) is 0.136. The molecule has 0 saturated heterocycles. The molecule has 1 aromatic heterocycles. The van der Waals surface area contributed by atoms with E-state index in [4.69, 9.17) is 30.3 Å². The number of carbonyl (C=O) groups excluding carboxylic acids is 2. The van der Waals surface area contributed by atoms with Crippen molar-refractivity contribution in [2.45, 2.75) is 12.8 Å². The van der Waals surface area contributed by atoms with E-state index in [1.807, 2.05) is 18.2 Å². The Morgan fingerprint density at radius 1 is 1.20 bits per heavy atom. The van der Waals surface area contributed by atoms with Crippen LogP contribution < -0.4 is 14.2 Å². The average molecular weight is 426 g/mol. The predicted octanol–water partition coefficient (Wildman–Crippen LogP) is 4.49. The van der Waals surface area contributed by atoms with Gasteiger partial charge in [-0.15, -0.1) is 0 Å². The summed E-state index contributed by atoms with van der Waals surface area (Å²) in [4.78, 5) is 24.7. The Balaban J connectivity index is 1.45. The molecule has 3 aromatic rings. The van der Waals surface area contributed by atoms with Gasteiger partial charge in [0.1, 0.15) is 23.0 Å². The lowest BCUT2D eigenvalue weighted by atomic mass is 10.1. The van der Waals surface area contributed by atoms with Gasteiger partial charge in [0.2, 0.25) is 5.78 Å². The Morgan fingerprint density at radius 2 is 2.03 bits per heavy atom. The summed E-state index contributed by atoms with van der Waals surface area (Å²) in [6.07, 6.45) is 2.01. The first-order valence-corrected chi connectivity index (χ1v) is 9.44. The molecule has 1 aliphatic heterocycles. The summed E-state index contributed by atoms with van der Waals surface area (Å²) >= 11 is 5.68. The van der Waals surface area contributed by atoms with Crippen LogP contribution in [0.15, 0.2) is 58.8 Å². The largest absolute Gasteiger partial charge is 0.496 e. The third-order valence-corrected chi connectivity index (χ3v) is 4.58. The summed E-state index contributed by atoms with van der Waals surface area (Å²) in [5.41, 5.74) is 1.11. The SMILES string of the molecule is COc1ccccc1/C=C1\Oc2cc(OC(=O)CCc3cc(Cl)no3)ccc2C1=O. The highest BCUT2D eigenvalue weighted by Crippen LogP contribution is 2.35. The fourth-order valence-electron chi connectivity index (χ4n) is 2.97. The van der Waals surface area contributed by atoms with Gasteiger partial charge in [-0.3, -0.25) is 9.59 Å². The molecule has 152 valence electrons. The molecule has 0 unspecified atom stereocenters. The first-order valence-electron chi connectivity index (χ1n) is 9.06. The maximum Gasteiger partial charge on any atom is 0.311 e. The number of esters is 1. The number of halogens is 1. The van der Waals surface area contributed by atoms with Gasteiger partial charge < -0.3 is 18.7 Å². The number of rotatable bonds is 6. The van der Waals surface area contributed by atoms with Crippen LogP contribution in [0.3, 0.4) is 0 Å². The van der Waals surface area contributed by atoms with E-state index in [9.17, 15) is 9.59 Å². The van der Waals surface area contributed by atoms with Crippen molar-refractivity contribution in [2.75, 3.05) is 7.11 Å². The van der Waals surface area contributed by atoms with E-state index in [-0.39, 0.29) is 28.9 Å². The number of aryl methyl sites for hydroxylation is 1. The molecule has 0 atom stereocenters. The number of Topliss-reactive ketones (excluding diaryl/α,β-unsaturated/α-hetero) is 1. The lowest BCUT2D eigenvalue weighted by Crippen LogP contribution is -2.08. The van der Waals surface area contributed by atoms with Crippen LogP contribution in [-0.4, -0.2) is 24.0 Å². The van der Waals surface area contributed by atoms with Gasteiger partial charge in [0.25, 0.3) is 0 Å². The third kappa shape index (κ3) is 4.21. The molecule has 2 heterocycles. The Morgan fingerprint density at radius 3 is 2.80 bits per heavy atom. The van der Waals surface area contributed by atoms with Crippen molar-refractivity contribution >= 4 is 29.4 Å². The number of aromatic nitrogens is 1. The normalized spacial score (nSPS) is 13.8. The molecule has 0 fully saturated rings. The molecule has 0 radical (unpaired) electrons. The molecule has 1 aliphatic rings. The summed E-state index contributed by atoms with van der Waals surface area (Å²) in [7, 11) is 1.56. The Bertz CT molecular complexity index is 1150. The van der Waals surface area contributed by atoms with Crippen molar-refractivity contribution in [1.82, 2.24) is 5.16 Å². The zero-order chi connectivity index (χ0) is 21.1. The van der Waals surface area contributed by atoms with Crippen LogP contribution in [0, 0.1) is 0 Å². The third-order valence-electron chi connectivity index (χ3n) is 4.40. The van der Waals surface area contributed by atoms with Gasteiger partial charge in [-0.2, -0.15) is 0 Å². The highest BCUT2D eigenvalue weighted by atomic mass is 35.5. The molecule has 0 saturated carbocycles. The number of benzene rings is 2. The number of hydrogen-bond acceptors (Lipinski definition) is 7. The van der Waals surface area contributed by atoms with Crippen molar-refractivity contribution in [1.29, 1.82) is 0 Å². The lowest BCUT2D eigenvalue weighted by molar-refractivity contribution is -0.134. The van der Waals surface area contributed by atoms with E-state index >= 15 is 0 Å². The second kappa shape index (κ2) is 8.42. The van der Waals surface area contributed by atoms with Gasteiger partial charge >= 0.3 is 5.97 Å². The minimum absolute atomic E-state index is 0.0847. The van der Waals surface area contributed by atoms with Gasteiger partial charge in [-0.25, -0.2) is 0 Å². The maximum atomic E-state index is 12.6. The molecule has 0 N–H and O–H groups in total. The monoisotopic (exact) mass is 425 g/mol. The van der Waals surface area contributed by atoms with Crippen LogP contribution >= 0.6 is 11.6 Å². The Kier molecular flexibility index (Phi) is 5.54. The molecule has 2 aromatic carbocycles. The first-order chi connectivity index (χ1) is 14.5. The van der Waals surface area contributed by atoms with Gasteiger partial charge in [0.05, 0.1) is 19.1 Å². The minimum Gasteiger partial charge on any atom is -0.496 e. The van der Waals surface area contributed by atoms with E-state index in [1.54, 1.807) is 37.5 Å². The van der Waals surface area contributed by atoms with E-state index in [2.05, 4.69) is 5.16 Å². The smallest absolute Gasteiger partial charge is 0.311 e. The van der Waals surface area contributed by atoms with Crippen molar-refractivity contribution in [3.05, 3.63) is 76.3 Å². The van der Waals surface area contributed by atoms with E-state index in [0.29, 0.717) is 29.2 Å². The van der Waals surface area contributed by atoms with Gasteiger partial charge in [0.15, 0.2) is 10.9 Å². The van der Waals surface area contributed by atoms with Crippen LogP contribution in [0.4, 0.5) is 0 Å². The number of ether oxygens (including phenoxy) is 3. The average Bonchev–Trinajstić information content (AvgIpc) is 3.29. The van der Waals surface area contributed by atoms with E-state index in [0.717, 1.165) is 5.56 Å². The molecule has 30 heavy (non-hydrogen) atoms.